The van der Waals surface area contributed by atoms with Crippen LogP contribution < -0.4 is 4.52 Å². The van der Waals surface area contributed by atoms with Crippen LogP contribution in [-0.2, 0) is 9.26 Å². The largest absolute Gasteiger partial charge is 0.427 e. The lowest BCUT2D eigenvalue weighted by atomic mass is 9.73. The molecular weight excluding hydrogens is 687 g/mol. The summed E-state index contributed by atoms with van der Waals surface area (Å²) in [5.41, 5.74) is -1.37. The number of hydrogen-bond acceptors (Lipinski definition) is 5. The molecule has 3 atom stereocenters. The third-order valence-electron chi connectivity index (χ3n) is 11.7. The molecule has 6 heteroatoms. The van der Waals surface area contributed by atoms with E-state index in [1.54, 1.807) is 0 Å². The first-order valence-electron chi connectivity index (χ1n) is 23.6. The van der Waals surface area contributed by atoms with Gasteiger partial charge in [0.1, 0.15) is 11.4 Å². The number of benzene rings is 1. The van der Waals surface area contributed by atoms with Gasteiger partial charge in [0.15, 0.2) is 0 Å². The topological polar surface area (TPSA) is 68.2 Å². The molecule has 1 rings (SSSR count). The second kappa shape index (κ2) is 35.5. The molecule has 5 nitrogen and oxygen atoms in total. The van der Waals surface area contributed by atoms with Crippen LogP contribution in [0, 0.1) is 0 Å². The van der Waals surface area contributed by atoms with E-state index in [1.165, 1.54) is 161 Å². The summed E-state index contributed by atoms with van der Waals surface area (Å²) in [6, 6.07) is 9.59. The molecule has 0 bridgehead atoms. The van der Waals surface area contributed by atoms with Gasteiger partial charge in [-0.15, -0.1) is 0 Å². The Bertz CT molecular complexity index is 890. The van der Waals surface area contributed by atoms with Crippen LogP contribution in [0.4, 0.5) is 0 Å². The fraction of sp³-hybridized carbons (Fsp3) is 0.875. The van der Waals surface area contributed by atoms with Gasteiger partial charge in [-0.05, 0) is 45.2 Å². The van der Waals surface area contributed by atoms with Crippen molar-refractivity contribution in [2.75, 3.05) is 6.61 Å². The molecule has 0 spiro atoms. The van der Waals surface area contributed by atoms with Gasteiger partial charge in [0, 0.05) is 0 Å². The van der Waals surface area contributed by atoms with E-state index in [9.17, 15) is 10.00 Å². The SMILES string of the molecule is CCCCCCCCCCCCC(C)(OCC(C)O)C(CCCCCCCCCCCC)(CCCCCCCCCCCC)OP(O)Oc1ccccc1. The molecule has 0 aliphatic rings. The predicted molar refractivity (Wildman–Crippen MR) is 235 cm³/mol. The molecule has 1 aromatic carbocycles. The summed E-state index contributed by atoms with van der Waals surface area (Å²) in [5, 5.41) is 10.5. The second-order valence-electron chi connectivity index (χ2n) is 16.9. The van der Waals surface area contributed by atoms with Gasteiger partial charge in [-0.1, -0.05) is 232 Å². The first-order chi connectivity index (χ1) is 26.3. The Balaban J connectivity index is 3.12. The highest BCUT2D eigenvalue weighted by Crippen LogP contribution is 2.51. The third-order valence-corrected chi connectivity index (χ3v) is 12.5. The first-order valence-corrected chi connectivity index (χ1v) is 24.7. The maximum atomic E-state index is 11.6. The minimum Gasteiger partial charge on any atom is -0.427 e. The van der Waals surface area contributed by atoms with E-state index in [0.29, 0.717) is 5.75 Å². The highest BCUT2D eigenvalue weighted by Gasteiger charge is 2.51. The highest BCUT2D eigenvalue weighted by molar-refractivity contribution is 7.41. The molecule has 0 amide bonds. The molecule has 0 heterocycles. The summed E-state index contributed by atoms with van der Waals surface area (Å²) in [5.74, 6) is 0.624. The van der Waals surface area contributed by atoms with Gasteiger partial charge < -0.3 is 19.3 Å². The van der Waals surface area contributed by atoms with Gasteiger partial charge in [-0.3, -0.25) is 4.52 Å². The molecule has 3 unspecified atom stereocenters. The fourth-order valence-electron chi connectivity index (χ4n) is 8.06. The molecule has 0 radical (unpaired) electrons. The van der Waals surface area contributed by atoms with Crippen LogP contribution in [0.2, 0.25) is 0 Å². The summed E-state index contributed by atoms with van der Waals surface area (Å²) in [6.45, 7) is 11.1. The van der Waals surface area contributed by atoms with Crippen molar-refractivity contribution in [3.8, 4) is 5.75 Å². The second-order valence-corrected chi connectivity index (χ2v) is 17.8. The summed E-state index contributed by atoms with van der Waals surface area (Å²) in [6.07, 6.45) is 40.3. The third kappa shape index (κ3) is 26.3. The van der Waals surface area contributed by atoms with Gasteiger partial charge in [0.05, 0.1) is 18.3 Å². The number of para-hydroxylation sites is 1. The summed E-state index contributed by atoms with van der Waals surface area (Å²) in [7, 11) is -2.19. The van der Waals surface area contributed by atoms with Crippen LogP contribution in [0.3, 0.4) is 0 Å². The standard InChI is InChI=1S/C48H91O5P/c1-6-9-12-15-18-21-24-27-30-36-41-47(5,51-44-45(4)49)48(53-54(50)52-46-39-34-33-35-40-46,42-37-31-28-25-22-19-16-13-10-7-2)43-38-32-29-26-23-20-17-14-11-8-3/h33-35,39-40,45,49-50H,6-32,36-38,41-44H2,1-5H3. The van der Waals surface area contributed by atoms with Crippen LogP contribution >= 0.6 is 8.60 Å². The van der Waals surface area contributed by atoms with Gasteiger partial charge in [0.25, 0.3) is 0 Å². The van der Waals surface area contributed by atoms with Gasteiger partial charge in [-0.25, -0.2) is 0 Å². The van der Waals surface area contributed by atoms with E-state index in [0.717, 1.165) is 51.4 Å². The van der Waals surface area contributed by atoms with E-state index < -0.39 is 25.9 Å². The van der Waals surface area contributed by atoms with E-state index in [1.807, 2.05) is 37.3 Å². The molecule has 0 aliphatic heterocycles. The quantitative estimate of drug-likeness (QED) is 0.0512. The van der Waals surface area contributed by atoms with Gasteiger partial charge >= 0.3 is 8.60 Å². The molecule has 1 aromatic rings. The maximum absolute atomic E-state index is 11.6. The molecular formula is C48H91O5P. The van der Waals surface area contributed by atoms with Crippen molar-refractivity contribution in [1.29, 1.82) is 0 Å². The lowest BCUT2D eigenvalue weighted by Crippen LogP contribution is -2.56. The maximum Gasteiger partial charge on any atom is 0.395 e. The molecule has 0 aliphatic carbocycles. The van der Waals surface area contributed by atoms with Gasteiger partial charge in [-0.2, -0.15) is 0 Å². The van der Waals surface area contributed by atoms with Crippen molar-refractivity contribution in [2.24, 2.45) is 0 Å². The summed E-state index contributed by atoms with van der Waals surface area (Å²) >= 11 is 0. The smallest absolute Gasteiger partial charge is 0.395 e. The molecule has 2 N–H and O–H groups in total. The monoisotopic (exact) mass is 779 g/mol. The lowest BCUT2D eigenvalue weighted by Gasteiger charge is -2.49. The van der Waals surface area contributed by atoms with Crippen LogP contribution in [0.1, 0.15) is 247 Å². The van der Waals surface area contributed by atoms with Crippen molar-refractivity contribution in [1.82, 2.24) is 0 Å². The van der Waals surface area contributed by atoms with Crippen molar-refractivity contribution in [2.45, 2.75) is 264 Å². The summed E-state index contributed by atoms with van der Waals surface area (Å²) in [4.78, 5) is 11.6. The molecule has 0 fully saturated rings. The summed E-state index contributed by atoms with van der Waals surface area (Å²) < 4.78 is 19.9. The number of aliphatic hydroxyl groups is 1. The minimum atomic E-state index is -2.19. The number of hydrogen-bond donors (Lipinski definition) is 2. The zero-order valence-electron chi connectivity index (χ0n) is 36.6. The molecule has 54 heavy (non-hydrogen) atoms. The Morgan fingerprint density at radius 2 is 0.852 bits per heavy atom. The zero-order valence-corrected chi connectivity index (χ0v) is 37.5. The minimum absolute atomic E-state index is 0.262. The average molecular weight is 779 g/mol. The Kier molecular flexibility index (Phi) is 33.7. The van der Waals surface area contributed by atoms with Crippen molar-refractivity contribution in [3.05, 3.63) is 30.3 Å². The van der Waals surface area contributed by atoms with E-state index >= 15 is 0 Å². The van der Waals surface area contributed by atoms with Crippen LogP contribution in [-0.4, -0.2) is 33.9 Å². The molecule has 0 saturated carbocycles. The Morgan fingerprint density at radius 3 is 1.20 bits per heavy atom. The molecule has 0 aromatic heterocycles. The number of ether oxygens (including phenoxy) is 1. The van der Waals surface area contributed by atoms with E-state index in [2.05, 4.69) is 27.7 Å². The van der Waals surface area contributed by atoms with Crippen molar-refractivity contribution < 1.29 is 23.8 Å². The molecule has 318 valence electrons. The molecule has 0 saturated heterocycles. The number of rotatable bonds is 41. The highest BCUT2D eigenvalue weighted by atomic mass is 31.2. The van der Waals surface area contributed by atoms with Gasteiger partial charge in [0.2, 0.25) is 0 Å². The van der Waals surface area contributed by atoms with Crippen LogP contribution in [0.5, 0.6) is 5.75 Å². The predicted octanol–water partition coefficient (Wildman–Crippen LogP) is 16.1. The normalized spacial score (nSPS) is 14.3. The Hall–Kier alpha value is -0.710. The van der Waals surface area contributed by atoms with E-state index in [-0.39, 0.29) is 6.61 Å². The number of aliphatic hydroxyl groups excluding tert-OH is 1. The number of unbranched alkanes of at least 4 members (excludes halogenated alkanes) is 27. The van der Waals surface area contributed by atoms with Crippen LogP contribution in [0.15, 0.2) is 30.3 Å². The van der Waals surface area contributed by atoms with Crippen molar-refractivity contribution in [3.63, 3.8) is 0 Å². The Morgan fingerprint density at radius 1 is 0.519 bits per heavy atom. The Labute approximate surface area is 337 Å². The lowest BCUT2D eigenvalue weighted by molar-refractivity contribution is -0.186. The first kappa shape index (κ1) is 51.3. The van der Waals surface area contributed by atoms with Crippen molar-refractivity contribution >= 4 is 8.60 Å². The zero-order chi connectivity index (χ0) is 39.4. The fourth-order valence-corrected chi connectivity index (χ4v) is 9.08. The average Bonchev–Trinajstić information content (AvgIpc) is 3.16. The van der Waals surface area contributed by atoms with Crippen LogP contribution in [0.25, 0.3) is 0 Å². The van der Waals surface area contributed by atoms with E-state index in [4.69, 9.17) is 13.8 Å².